The molecule has 0 aliphatic heterocycles. The number of aryl methyl sites for hydroxylation is 2. The highest BCUT2D eigenvalue weighted by Crippen LogP contribution is 2.21. The Morgan fingerprint density at radius 3 is 2.69 bits per heavy atom. The van der Waals surface area contributed by atoms with Crippen molar-refractivity contribution in [3.63, 3.8) is 0 Å². The first kappa shape index (κ1) is 11.3. The first-order valence-electron chi connectivity index (χ1n) is 5.29. The van der Waals surface area contributed by atoms with Crippen molar-refractivity contribution < 1.29 is 0 Å². The van der Waals surface area contributed by atoms with Crippen LogP contribution in [0.4, 0.5) is 0 Å². The van der Waals surface area contributed by atoms with Gasteiger partial charge in [0.15, 0.2) is 0 Å². The Hall–Kier alpha value is -1.22. The van der Waals surface area contributed by atoms with Gasteiger partial charge in [-0.1, -0.05) is 35.0 Å². The Bertz CT molecular complexity index is 509. The SMILES string of the molecule is CCc1nc(C)cc(-c2cccc(Br)c2)n1. The van der Waals surface area contributed by atoms with Crippen LogP contribution in [0.3, 0.4) is 0 Å². The highest BCUT2D eigenvalue weighted by molar-refractivity contribution is 9.10. The van der Waals surface area contributed by atoms with E-state index in [2.05, 4.69) is 45.0 Å². The van der Waals surface area contributed by atoms with E-state index in [0.29, 0.717) is 0 Å². The third-order valence-electron chi connectivity index (χ3n) is 2.34. The number of aromatic nitrogens is 2. The summed E-state index contributed by atoms with van der Waals surface area (Å²) in [5, 5.41) is 0. The summed E-state index contributed by atoms with van der Waals surface area (Å²) >= 11 is 3.47. The van der Waals surface area contributed by atoms with E-state index in [1.54, 1.807) is 0 Å². The van der Waals surface area contributed by atoms with Gasteiger partial charge in [-0.05, 0) is 25.1 Å². The summed E-state index contributed by atoms with van der Waals surface area (Å²) < 4.78 is 1.07. The van der Waals surface area contributed by atoms with Crippen molar-refractivity contribution >= 4 is 15.9 Å². The van der Waals surface area contributed by atoms with Crippen molar-refractivity contribution in [1.82, 2.24) is 9.97 Å². The standard InChI is InChI=1S/C13H13BrN2/c1-3-13-15-9(2)7-12(16-13)10-5-4-6-11(14)8-10/h4-8H,3H2,1-2H3. The number of benzene rings is 1. The molecule has 0 saturated carbocycles. The molecule has 1 heterocycles. The van der Waals surface area contributed by atoms with E-state index in [0.717, 1.165) is 33.7 Å². The van der Waals surface area contributed by atoms with Gasteiger partial charge < -0.3 is 0 Å². The second-order valence-electron chi connectivity index (χ2n) is 3.67. The van der Waals surface area contributed by atoms with Crippen LogP contribution in [0.5, 0.6) is 0 Å². The number of rotatable bonds is 2. The molecule has 1 aromatic heterocycles. The second-order valence-corrected chi connectivity index (χ2v) is 4.59. The Labute approximate surface area is 104 Å². The first-order valence-corrected chi connectivity index (χ1v) is 6.09. The average molecular weight is 277 g/mol. The maximum Gasteiger partial charge on any atom is 0.128 e. The van der Waals surface area contributed by atoms with Crippen LogP contribution in [0.2, 0.25) is 0 Å². The summed E-state index contributed by atoms with van der Waals surface area (Å²) in [6.45, 7) is 4.07. The fourth-order valence-electron chi connectivity index (χ4n) is 1.58. The minimum absolute atomic E-state index is 0.864. The van der Waals surface area contributed by atoms with Gasteiger partial charge in [-0.2, -0.15) is 0 Å². The molecule has 0 aliphatic carbocycles. The number of nitrogens with zero attached hydrogens (tertiary/aromatic N) is 2. The molecule has 0 radical (unpaired) electrons. The maximum atomic E-state index is 4.53. The van der Waals surface area contributed by atoms with Crippen LogP contribution in [-0.4, -0.2) is 9.97 Å². The zero-order valence-corrected chi connectivity index (χ0v) is 11.0. The zero-order valence-electron chi connectivity index (χ0n) is 9.37. The van der Waals surface area contributed by atoms with E-state index in [1.807, 2.05) is 25.1 Å². The van der Waals surface area contributed by atoms with Crippen LogP contribution >= 0.6 is 15.9 Å². The predicted octanol–water partition coefficient (Wildman–Crippen LogP) is 3.78. The smallest absolute Gasteiger partial charge is 0.128 e. The lowest BCUT2D eigenvalue weighted by atomic mass is 10.1. The summed E-state index contributed by atoms with van der Waals surface area (Å²) in [5.41, 5.74) is 3.13. The summed E-state index contributed by atoms with van der Waals surface area (Å²) in [5.74, 6) is 0.898. The Morgan fingerprint density at radius 2 is 2.00 bits per heavy atom. The molecule has 0 atom stereocenters. The number of halogens is 1. The fraction of sp³-hybridized carbons (Fsp3) is 0.231. The second kappa shape index (κ2) is 4.74. The molecule has 1 aromatic carbocycles. The first-order chi connectivity index (χ1) is 7.69. The Balaban J connectivity index is 2.51. The lowest BCUT2D eigenvalue weighted by Gasteiger charge is -2.05. The van der Waals surface area contributed by atoms with Crippen molar-refractivity contribution in [2.45, 2.75) is 20.3 Å². The molecule has 16 heavy (non-hydrogen) atoms. The van der Waals surface area contributed by atoms with Gasteiger partial charge in [0, 0.05) is 22.2 Å². The normalized spacial score (nSPS) is 10.4. The van der Waals surface area contributed by atoms with Crippen LogP contribution in [0.25, 0.3) is 11.3 Å². The molecule has 2 nitrogen and oxygen atoms in total. The third-order valence-corrected chi connectivity index (χ3v) is 2.83. The van der Waals surface area contributed by atoms with Gasteiger partial charge in [0.2, 0.25) is 0 Å². The minimum Gasteiger partial charge on any atom is -0.238 e. The molecule has 0 spiro atoms. The third kappa shape index (κ3) is 2.47. The van der Waals surface area contributed by atoms with Crippen LogP contribution in [0.15, 0.2) is 34.8 Å². The van der Waals surface area contributed by atoms with Crippen LogP contribution in [-0.2, 0) is 6.42 Å². The van der Waals surface area contributed by atoms with Gasteiger partial charge in [-0.3, -0.25) is 0 Å². The summed E-state index contributed by atoms with van der Waals surface area (Å²) in [4.78, 5) is 8.91. The van der Waals surface area contributed by atoms with Crippen molar-refractivity contribution in [1.29, 1.82) is 0 Å². The molecular weight excluding hydrogens is 264 g/mol. The average Bonchev–Trinajstić information content (AvgIpc) is 2.28. The number of hydrogen-bond donors (Lipinski definition) is 0. The van der Waals surface area contributed by atoms with Gasteiger partial charge in [-0.25, -0.2) is 9.97 Å². The molecule has 0 amide bonds. The Morgan fingerprint density at radius 1 is 1.19 bits per heavy atom. The van der Waals surface area contributed by atoms with E-state index in [4.69, 9.17) is 0 Å². The molecular formula is C13H13BrN2. The predicted molar refractivity (Wildman–Crippen MR) is 69.3 cm³/mol. The lowest BCUT2D eigenvalue weighted by Crippen LogP contribution is -1.97. The van der Waals surface area contributed by atoms with Gasteiger partial charge in [-0.15, -0.1) is 0 Å². The van der Waals surface area contributed by atoms with Gasteiger partial charge in [0.05, 0.1) is 5.69 Å². The van der Waals surface area contributed by atoms with E-state index < -0.39 is 0 Å². The highest BCUT2D eigenvalue weighted by atomic mass is 79.9. The van der Waals surface area contributed by atoms with Crippen LogP contribution < -0.4 is 0 Å². The molecule has 0 unspecified atom stereocenters. The summed E-state index contributed by atoms with van der Waals surface area (Å²) in [7, 11) is 0. The highest BCUT2D eigenvalue weighted by Gasteiger charge is 2.03. The quantitative estimate of drug-likeness (QED) is 0.834. The van der Waals surface area contributed by atoms with Crippen LogP contribution in [0, 0.1) is 6.92 Å². The van der Waals surface area contributed by atoms with Crippen molar-refractivity contribution in [3.05, 3.63) is 46.3 Å². The molecule has 82 valence electrons. The van der Waals surface area contributed by atoms with Crippen molar-refractivity contribution in [3.8, 4) is 11.3 Å². The van der Waals surface area contributed by atoms with E-state index in [-0.39, 0.29) is 0 Å². The molecule has 0 N–H and O–H groups in total. The summed E-state index contributed by atoms with van der Waals surface area (Å²) in [6, 6.07) is 10.2. The van der Waals surface area contributed by atoms with Gasteiger partial charge >= 0.3 is 0 Å². The van der Waals surface area contributed by atoms with Crippen molar-refractivity contribution in [2.75, 3.05) is 0 Å². The van der Waals surface area contributed by atoms with Crippen LogP contribution in [0.1, 0.15) is 18.4 Å². The van der Waals surface area contributed by atoms with Gasteiger partial charge in [0.1, 0.15) is 5.82 Å². The lowest BCUT2D eigenvalue weighted by molar-refractivity contribution is 0.921. The molecule has 0 saturated heterocycles. The Kier molecular flexibility index (Phi) is 3.34. The van der Waals surface area contributed by atoms with E-state index in [1.165, 1.54) is 0 Å². The zero-order chi connectivity index (χ0) is 11.5. The molecule has 0 aliphatic rings. The molecule has 0 fully saturated rings. The van der Waals surface area contributed by atoms with Crippen molar-refractivity contribution in [2.24, 2.45) is 0 Å². The largest absolute Gasteiger partial charge is 0.238 e. The topological polar surface area (TPSA) is 25.8 Å². The van der Waals surface area contributed by atoms with Gasteiger partial charge in [0.25, 0.3) is 0 Å². The van der Waals surface area contributed by atoms with E-state index in [9.17, 15) is 0 Å². The molecule has 2 rings (SSSR count). The monoisotopic (exact) mass is 276 g/mol. The molecule has 0 bridgehead atoms. The maximum absolute atomic E-state index is 4.53. The number of hydrogen-bond acceptors (Lipinski definition) is 2. The molecule has 2 aromatic rings. The summed E-state index contributed by atoms with van der Waals surface area (Å²) in [6.07, 6.45) is 0.864. The van der Waals surface area contributed by atoms with E-state index >= 15 is 0 Å². The molecule has 3 heteroatoms. The minimum atomic E-state index is 0.864. The fourth-order valence-corrected chi connectivity index (χ4v) is 1.98.